The SMILES string of the molecule is Cn1cnc(C2CC(C)(C)CCC2OCCc2ccc3ccccc3n2)n1. The highest BCUT2D eigenvalue weighted by molar-refractivity contribution is 5.78. The quantitative estimate of drug-likeness (QED) is 0.678. The van der Waals surface area contributed by atoms with Crippen LogP contribution in [-0.2, 0) is 18.2 Å². The number of hydrogen-bond donors (Lipinski definition) is 0. The molecule has 0 N–H and O–H groups in total. The summed E-state index contributed by atoms with van der Waals surface area (Å²) in [6.45, 7) is 5.34. The monoisotopic (exact) mass is 364 g/mol. The van der Waals surface area contributed by atoms with Crippen LogP contribution in [0.3, 0.4) is 0 Å². The molecule has 1 aliphatic rings. The molecular weight excluding hydrogens is 336 g/mol. The molecule has 1 fully saturated rings. The first-order valence-electron chi connectivity index (χ1n) is 9.82. The molecule has 2 unspecified atom stereocenters. The molecule has 0 saturated heterocycles. The highest BCUT2D eigenvalue weighted by atomic mass is 16.5. The summed E-state index contributed by atoms with van der Waals surface area (Å²) >= 11 is 0. The second-order valence-electron chi connectivity index (χ2n) is 8.44. The summed E-state index contributed by atoms with van der Waals surface area (Å²) in [5.74, 6) is 1.18. The lowest BCUT2D eigenvalue weighted by molar-refractivity contribution is -0.0135. The second kappa shape index (κ2) is 7.39. The Morgan fingerprint density at radius 2 is 2.04 bits per heavy atom. The van der Waals surface area contributed by atoms with Gasteiger partial charge < -0.3 is 4.74 Å². The highest BCUT2D eigenvalue weighted by Gasteiger charge is 2.38. The van der Waals surface area contributed by atoms with Crippen LogP contribution in [0.15, 0.2) is 42.7 Å². The zero-order valence-electron chi connectivity index (χ0n) is 16.4. The number of aryl methyl sites for hydroxylation is 1. The fourth-order valence-corrected chi connectivity index (χ4v) is 4.11. The van der Waals surface area contributed by atoms with Crippen molar-refractivity contribution in [3.8, 4) is 0 Å². The van der Waals surface area contributed by atoms with Crippen molar-refractivity contribution < 1.29 is 4.74 Å². The fourth-order valence-electron chi connectivity index (χ4n) is 4.11. The van der Waals surface area contributed by atoms with Gasteiger partial charge in [-0.15, -0.1) is 0 Å². The van der Waals surface area contributed by atoms with Gasteiger partial charge in [-0.3, -0.25) is 9.67 Å². The van der Waals surface area contributed by atoms with Crippen LogP contribution >= 0.6 is 0 Å². The van der Waals surface area contributed by atoms with Crippen LogP contribution in [0.25, 0.3) is 10.9 Å². The van der Waals surface area contributed by atoms with Crippen molar-refractivity contribution in [3.63, 3.8) is 0 Å². The minimum absolute atomic E-state index is 0.181. The number of ether oxygens (including phenoxy) is 1. The van der Waals surface area contributed by atoms with Gasteiger partial charge in [0.15, 0.2) is 5.82 Å². The summed E-state index contributed by atoms with van der Waals surface area (Å²) in [5, 5.41) is 5.74. The standard InChI is InChI=1S/C22H28N4O/c1-22(2)12-10-20(18(14-22)21-23-15-26(3)25-21)27-13-11-17-9-8-16-6-4-5-7-19(16)24-17/h4-9,15,18,20H,10-14H2,1-3H3. The van der Waals surface area contributed by atoms with E-state index in [1.807, 2.05) is 19.2 Å². The fraction of sp³-hybridized carbons (Fsp3) is 0.500. The molecule has 1 saturated carbocycles. The van der Waals surface area contributed by atoms with Crippen molar-refractivity contribution in [2.45, 2.75) is 51.6 Å². The van der Waals surface area contributed by atoms with E-state index in [-0.39, 0.29) is 12.0 Å². The first-order chi connectivity index (χ1) is 13.0. The molecule has 2 heterocycles. The van der Waals surface area contributed by atoms with Crippen molar-refractivity contribution in [3.05, 3.63) is 54.2 Å². The number of pyridine rings is 1. The molecule has 0 bridgehead atoms. The number of rotatable bonds is 5. The Hall–Kier alpha value is -2.27. The predicted octanol–water partition coefficient (Wildman–Crippen LogP) is 4.28. The van der Waals surface area contributed by atoms with Gasteiger partial charge in [0.05, 0.1) is 18.2 Å². The van der Waals surface area contributed by atoms with E-state index in [4.69, 9.17) is 9.72 Å². The molecule has 27 heavy (non-hydrogen) atoms. The van der Waals surface area contributed by atoms with E-state index in [1.165, 1.54) is 11.8 Å². The van der Waals surface area contributed by atoms with E-state index >= 15 is 0 Å². The molecule has 0 radical (unpaired) electrons. The molecule has 2 aromatic heterocycles. The number of benzene rings is 1. The summed E-state index contributed by atoms with van der Waals surface area (Å²) < 4.78 is 8.12. The summed E-state index contributed by atoms with van der Waals surface area (Å²) in [7, 11) is 1.92. The second-order valence-corrected chi connectivity index (χ2v) is 8.44. The average Bonchev–Trinajstić information content (AvgIpc) is 3.09. The summed E-state index contributed by atoms with van der Waals surface area (Å²) in [6, 6.07) is 12.5. The van der Waals surface area contributed by atoms with Crippen molar-refractivity contribution in [1.29, 1.82) is 0 Å². The Morgan fingerprint density at radius 1 is 1.19 bits per heavy atom. The lowest BCUT2D eigenvalue weighted by Gasteiger charge is -2.39. The highest BCUT2D eigenvalue weighted by Crippen LogP contribution is 2.43. The van der Waals surface area contributed by atoms with E-state index in [0.29, 0.717) is 12.0 Å². The van der Waals surface area contributed by atoms with Crippen LogP contribution in [0.4, 0.5) is 0 Å². The van der Waals surface area contributed by atoms with Crippen LogP contribution in [0.5, 0.6) is 0 Å². The van der Waals surface area contributed by atoms with Gasteiger partial charge in [-0.25, -0.2) is 4.98 Å². The number of hydrogen-bond acceptors (Lipinski definition) is 4. The lowest BCUT2D eigenvalue weighted by atomic mass is 9.70. The van der Waals surface area contributed by atoms with Gasteiger partial charge in [-0.05, 0) is 36.8 Å². The minimum atomic E-state index is 0.181. The van der Waals surface area contributed by atoms with Crippen LogP contribution in [0.2, 0.25) is 0 Å². The Labute approximate surface area is 160 Å². The molecule has 2 atom stereocenters. The van der Waals surface area contributed by atoms with Gasteiger partial charge >= 0.3 is 0 Å². The number of fused-ring (bicyclic) bond motifs is 1. The third-order valence-electron chi connectivity index (χ3n) is 5.62. The van der Waals surface area contributed by atoms with Crippen molar-refractivity contribution in [2.75, 3.05) is 6.61 Å². The van der Waals surface area contributed by atoms with E-state index in [2.05, 4.69) is 48.2 Å². The van der Waals surface area contributed by atoms with Gasteiger partial charge in [0, 0.05) is 30.5 Å². The smallest absolute Gasteiger partial charge is 0.156 e. The Balaban J connectivity index is 1.42. The first kappa shape index (κ1) is 18.1. The molecule has 1 aromatic carbocycles. The molecule has 0 amide bonds. The van der Waals surface area contributed by atoms with Crippen molar-refractivity contribution in [2.24, 2.45) is 12.5 Å². The summed E-state index contributed by atoms with van der Waals surface area (Å²) in [5.41, 5.74) is 2.44. The molecular formula is C22H28N4O. The first-order valence-corrected chi connectivity index (χ1v) is 9.82. The van der Waals surface area contributed by atoms with Crippen molar-refractivity contribution >= 4 is 10.9 Å². The Morgan fingerprint density at radius 3 is 2.85 bits per heavy atom. The zero-order valence-corrected chi connectivity index (χ0v) is 16.4. The van der Waals surface area contributed by atoms with Crippen LogP contribution in [-0.4, -0.2) is 32.5 Å². The maximum absolute atomic E-state index is 6.34. The maximum atomic E-state index is 6.34. The summed E-state index contributed by atoms with van der Waals surface area (Å²) in [6.07, 6.45) is 6.09. The van der Waals surface area contributed by atoms with E-state index in [0.717, 1.165) is 36.3 Å². The van der Waals surface area contributed by atoms with Crippen LogP contribution in [0, 0.1) is 5.41 Å². The number of aromatic nitrogens is 4. The number of para-hydroxylation sites is 1. The zero-order chi connectivity index (χ0) is 18.9. The van der Waals surface area contributed by atoms with Crippen molar-refractivity contribution in [1.82, 2.24) is 19.7 Å². The maximum Gasteiger partial charge on any atom is 0.156 e. The molecule has 142 valence electrons. The number of nitrogens with zero attached hydrogens (tertiary/aromatic N) is 4. The molecule has 5 nitrogen and oxygen atoms in total. The van der Waals surface area contributed by atoms with Gasteiger partial charge in [0.2, 0.25) is 0 Å². The average molecular weight is 364 g/mol. The van der Waals surface area contributed by atoms with E-state index < -0.39 is 0 Å². The Bertz CT molecular complexity index is 917. The lowest BCUT2D eigenvalue weighted by Crippen LogP contribution is -2.35. The Kier molecular flexibility index (Phi) is 4.96. The van der Waals surface area contributed by atoms with Gasteiger partial charge in [0.1, 0.15) is 6.33 Å². The molecule has 5 heteroatoms. The van der Waals surface area contributed by atoms with Gasteiger partial charge in [-0.2, -0.15) is 5.10 Å². The summed E-state index contributed by atoms with van der Waals surface area (Å²) in [4.78, 5) is 9.27. The topological polar surface area (TPSA) is 52.8 Å². The minimum Gasteiger partial charge on any atom is -0.377 e. The molecule has 4 rings (SSSR count). The van der Waals surface area contributed by atoms with E-state index in [1.54, 1.807) is 11.0 Å². The predicted molar refractivity (Wildman–Crippen MR) is 107 cm³/mol. The van der Waals surface area contributed by atoms with Crippen LogP contribution in [0.1, 0.15) is 50.5 Å². The largest absolute Gasteiger partial charge is 0.377 e. The third-order valence-corrected chi connectivity index (χ3v) is 5.62. The molecule has 1 aliphatic carbocycles. The normalized spacial score (nSPS) is 22.2. The van der Waals surface area contributed by atoms with Crippen LogP contribution < -0.4 is 0 Å². The molecule has 0 spiro atoms. The van der Waals surface area contributed by atoms with Gasteiger partial charge in [-0.1, -0.05) is 38.1 Å². The van der Waals surface area contributed by atoms with Gasteiger partial charge in [0.25, 0.3) is 0 Å². The van der Waals surface area contributed by atoms with E-state index in [9.17, 15) is 0 Å². The third kappa shape index (κ3) is 4.19. The molecule has 0 aliphatic heterocycles. The molecule has 3 aromatic rings.